The highest BCUT2D eigenvalue weighted by atomic mass is 16.3. The fraction of sp³-hybridized carbons (Fsp3) is 0.160. The number of aromatic nitrogens is 2. The van der Waals surface area contributed by atoms with E-state index in [0.29, 0.717) is 13.1 Å². The fourth-order valence-electron chi connectivity index (χ4n) is 3.42. The summed E-state index contributed by atoms with van der Waals surface area (Å²) in [5, 5.41) is 17.9. The van der Waals surface area contributed by atoms with Gasteiger partial charge in [0, 0.05) is 30.4 Å². The molecular formula is C25H25N3O. The molecule has 146 valence electrons. The number of rotatable bonds is 7. The Morgan fingerprint density at radius 3 is 2.17 bits per heavy atom. The van der Waals surface area contributed by atoms with Crippen LogP contribution in [0.25, 0.3) is 16.9 Å². The van der Waals surface area contributed by atoms with Crippen LogP contribution in [0.1, 0.15) is 22.3 Å². The van der Waals surface area contributed by atoms with Crippen molar-refractivity contribution in [1.29, 1.82) is 0 Å². The molecule has 3 aromatic carbocycles. The zero-order valence-corrected chi connectivity index (χ0v) is 16.5. The molecular weight excluding hydrogens is 358 g/mol. The van der Waals surface area contributed by atoms with E-state index in [2.05, 4.69) is 54.8 Å². The van der Waals surface area contributed by atoms with Gasteiger partial charge in [-0.2, -0.15) is 5.10 Å². The molecule has 2 N–H and O–H groups in total. The SMILES string of the molecule is Cc1ccc(-c2nn(-c3ccccc3)cc2CNCc2ccccc2CO)cc1. The van der Waals surface area contributed by atoms with Crippen LogP contribution in [0.5, 0.6) is 0 Å². The zero-order chi connectivity index (χ0) is 20.1. The number of hydrogen-bond donors (Lipinski definition) is 2. The first-order valence-electron chi connectivity index (χ1n) is 9.84. The number of aliphatic hydroxyl groups excluding tert-OH is 1. The molecule has 0 amide bonds. The first-order chi connectivity index (χ1) is 14.2. The number of benzene rings is 3. The Morgan fingerprint density at radius 2 is 1.45 bits per heavy atom. The normalized spacial score (nSPS) is 11.0. The van der Waals surface area contributed by atoms with Crippen molar-refractivity contribution in [2.75, 3.05) is 0 Å². The molecule has 1 aromatic heterocycles. The molecule has 0 bridgehead atoms. The summed E-state index contributed by atoms with van der Waals surface area (Å²) >= 11 is 0. The van der Waals surface area contributed by atoms with Crippen LogP contribution in [0.3, 0.4) is 0 Å². The Bertz CT molecular complexity index is 1070. The van der Waals surface area contributed by atoms with Crippen molar-refractivity contribution in [3.05, 3.63) is 107 Å². The van der Waals surface area contributed by atoms with Gasteiger partial charge in [0.2, 0.25) is 0 Å². The van der Waals surface area contributed by atoms with Crippen LogP contribution in [0.4, 0.5) is 0 Å². The highest BCUT2D eigenvalue weighted by molar-refractivity contribution is 5.63. The molecule has 4 aromatic rings. The van der Waals surface area contributed by atoms with Crippen molar-refractivity contribution in [1.82, 2.24) is 15.1 Å². The van der Waals surface area contributed by atoms with Gasteiger partial charge < -0.3 is 10.4 Å². The molecule has 0 saturated heterocycles. The van der Waals surface area contributed by atoms with Crippen LogP contribution in [0, 0.1) is 6.92 Å². The number of nitrogens with zero attached hydrogens (tertiary/aromatic N) is 2. The summed E-state index contributed by atoms with van der Waals surface area (Å²) in [5.41, 5.74) is 7.57. The van der Waals surface area contributed by atoms with Gasteiger partial charge in [-0.1, -0.05) is 72.3 Å². The van der Waals surface area contributed by atoms with Crippen molar-refractivity contribution >= 4 is 0 Å². The second-order valence-electron chi connectivity index (χ2n) is 7.18. The minimum Gasteiger partial charge on any atom is -0.392 e. The standard InChI is InChI=1S/C25H25N3O/c1-19-11-13-20(14-12-19)25-23(17-28(27-25)24-9-3-2-4-10-24)16-26-15-21-7-5-6-8-22(21)18-29/h2-14,17,26,29H,15-16,18H2,1H3. The minimum atomic E-state index is 0.0540. The van der Waals surface area contributed by atoms with E-state index in [9.17, 15) is 5.11 Å². The summed E-state index contributed by atoms with van der Waals surface area (Å²) in [7, 11) is 0. The Hall–Kier alpha value is -3.21. The lowest BCUT2D eigenvalue weighted by molar-refractivity contribution is 0.280. The largest absolute Gasteiger partial charge is 0.392 e. The number of hydrogen-bond acceptors (Lipinski definition) is 3. The first kappa shape index (κ1) is 19.1. The van der Waals surface area contributed by atoms with Gasteiger partial charge in [0.05, 0.1) is 18.0 Å². The molecule has 0 aliphatic rings. The van der Waals surface area contributed by atoms with E-state index >= 15 is 0 Å². The first-order valence-corrected chi connectivity index (χ1v) is 9.84. The van der Waals surface area contributed by atoms with Gasteiger partial charge in [-0.15, -0.1) is 0 Å². The predicted molar refractivity (Wildman–Crippen MR) is 117 cm³/mol. The van der Waals surface area contributed by atoms with E-state index in [4.69, 9.17) is 5.10 Å². The molecule has 29 heavy (non-hydrogen) atoms. The maximum Gasteiger partial charge on any atom is 0.0972 e. The molecule has 4 heteroatoms. The van der Waals surface area contributed by atoms with Crippen LogP contribution in [0.2, 0.25) is 0 Å². The molecule has 0 saturated carbocycles. The topological polar surface area (TPSA) is 50.1 Å². The quantitative estimate of drug-likeness (QED) is 0.489. The van der Waals surface area contributed by atoms with E-state index in [1.807, 2.05) is 47.1 Å². The molecule has 0 aliphatic heterocycles. The summed E-state index contributed by atoms with van der Waals surface area (Å²) in [5.74, 6) is 0. The highest BCUT2D eigenvalue weighted by Crippen LogP contribution is 2.24. The van der Waals surface area contributed by atoms with E-state index in [1.165, 1.54) is 5.56 Å². The molecule has 0 radical (unpaired) electrons. The van der Waals surface area contributed by atoms with Crippen LogP contribution in [-0.4, -0.2) is 14.9 Å². The summed E-state index contributed by atoms with van der Waals surface area (Å²) in [6.45, 7) is 3.53. The van der Waals surface area contributed by atoms with Crippen molar-refractivity contribution in [2.45, 2.75) is 26.6 Å². The number of aliphatic hydroxyl groups is 1. The molecule has 0 aliphatic carbocycles. The maximum absolute atomic E-state index is 9.54. The smallest absolute Gasteiger partial charge is 0.0972 e. The summed E-state index contributed by atoms with van der Waals surface area (Å²) in [6, 6.07) is 26.6. The van der Waals surface area contributed by atoms with Crippen LogP contribution < -0.4 is 5.32 Å². The van der Waals surface area contributed by atoms with Gasteiger partial charge in [0.1, 0.15) is 0 Å². The molecule has 4 rings (SSSR count). The second kappa shape index (κ2) is 8.86. The average Bonchev–Trinajstić information content (AvgIpc) is 3.19. The lowest BCUT2D eigenvalue weighted by Gasteiger charge is -2.09. The third kappa shape index (κ3) is 4.45. The highest BCUT2D eigenvalue weighted by Gasteiger charge is 2.12. The van der Waals surface area contributed by atoms with Crippen molar-refractivity contribution in [2.24, 2.45) is 0 Å². The molecule has 0 unspecified atom stereocenters. The van der Waals surface area contributed by atoms with Crippen LogP contribution in [0.15, 0.2) is 85.1 Å². The lowest BCUT2D eigenvalue weighted by atomic mass is 10.1. The Morgan fingerprint density at radius 1 is 0.793 bits per heavy atom. The van der Waals surface area contributed by atoms with Crippen LogP contribution in [-0.2, 0) is 19.7 Å². The molecule has 0 atom stereocenters. The summed E-state index contributed by atoms with van der Waals surface area (Å²) in [6.07, 6.45) is 2.09. The van der Waals surface area contributed by atoms with E-state index in [0.717, 1.165) is 33.6 Å². The number of aryl methyl sites for hydroxylation is 1. The van der Waals surface area contributed by atoms with E-state index in [1.54, 1.807) is 0 Å². The maximum atomic E-state index is 9.54. The summed E-state index contributed by atoms with van der Waals surface area (Å²) < 4.78 is 1.94. The zero-order valence-electron chi connectivity index (χ0n) is 16.5. The van der Waals surface area contributed by atoms with Crippen molar-refractivity contribution in [3.63, 3.8) is 0 Å². The van der Waals surface area contributed by atoms with Crippen LogP contribution >= 0.6 is 0 Å². The van der Waals surface area contributed by atoms with Crippen molar-refractivity contribution in [3.8, 4) is 16.9 Å². The Labute approximate surface area is 171 Å². The van der Waals surface area contributed by atoms with Crippen molar-refractivity contribution < 1.29 is 5.11 Å². The molecule has 0 fully saturated rings. The summed E-state index contributed by atoms with van der Waals surface area (Å²) in [4.78, 5) is 0. The molecule has 0 spiro atoms. The van der Waals surface area contributed by atoms with E-state index < -0.39 is 0 Å². The van der Waals surface area contributed by atoms with Gasteiger partial charge >= 0.3 is 0 Å². The predicted octanol–water partition coefficient (Wildman–Crippen LogP) is 4.63. The van der Waals surface area contributed by atoms with Gasteiger partial charge in [-0.3, -0.25) is 0 Å². The fourth-order valence-corrected chi connectivity index (χ4v) is 3.42. The molecule has 1 heterocycles. The third-order valence-electron chi connectivity index (χ3n) is 5.06. The van der Waals surface area contributed by atoms with Gasteiger partial charge in [-0.05, 0) is 30.2 Å². The Kier molecular flexibility index (Phi) is 5.84. The minimum absolute atomic E-state index is 0.0540. The lowest BCUT2D eigenvalue weighted by Crippen LogP contribution is -2.14. The van der Waals surface area contributed by atoms with Gasteiger partial charge in [-0.25, -0.2) is 4.68 Å². The van der Waals surface area contributed by atoms with Gasteiger partial charge in [0.15, 0.2) is 0 Å². The second-order valence-corrected chi connectivity index (χ2v) is 7.18. The van der Waals surface area contributed by atoms with Gasteiger partial charge in [0.25, 0.3) is 0 Å². The monoisotopic (exact) mass is 383 g/mol. The number of para-hydroxylation sites is 1. The third-order valence-corrected chi connectivity index (χ3v) is 5.06. The average molecular weight is 383 g/mol. The Balaban J connectivity index is 1.60. The number of nitrogens with one attached hydrogen (secondary N) is 1. The molecule has 4 nitrogen and oxygen atoms in total. The van der Waals surface area contributed by atoms with E-state index in [-0.39, 0.29) is 6.61 Å².